The number of aryl methyl sites for hydroxylation is 2. The summed E-state index contributed by atoms with van der Waals surface area (Å²) in [6.45, 7) is 5.72. The zero-order valence-corrected chi connectivity index (χ0v) is 15.0. The van der Waals surface area contributed by atoms with Crippen LogP contribution in [0.15, 0.2) is 22.7 Å². The van der Waals surface area contributed by atoms with Gasteiger partial charge >= 0.3 is 0 Å². The van der Waals surface area contributed by atoms with E-state index in [1.54, 1.807) is 6.07 Å². The topological polar surface area (TPSA) is 86.3 Å². The van der Waals surface area contributed by atoms with Gasteiger partial charge in [-0.1, -0.05) is 11.2 Å². The Labute approximate surface area is 152 Å². The number of aromatic nitrogens is 2. The smallest absolute Gasteiger partial charge is 0.228 e. The Morgan fingerprint density at radius 3 is 2.88 bits per heavy atom. The molecule has 0 aliphatic carbocycles. The summed E-state index contributed by atoms with van der Waals surface area (Å²) < 4.78 is 5.26. The number of amides is 1. The van der Waals surface area contributed by atoms with Crippen LogP contribution in [0, 0.1) is 31.1 Å². The Morgan fingerprint density at radius 1 is 1.31 bits per heavy atom. The van der Waals surface area contributed by atoms with E-state index in [1.165, 1.54) is 0 Å². The van der Waals surface area contributed by atoms with Crippen LogP contribution in [0.1, 0.15) is 35.6 Å². The number of anilines is 1. The standard InChI is InChI=1S/C19H21N5O2/c1-12-17(13(2)26-22-12)11-24-16-7-6-14(19(24)25)9-23(10-16)18-5-3-4-15(8-20)21-18/h3-5,14,16H,6-7,9-11H2,1-2H3/t14-,16+/m0/s1. The number of hydrogen-bond acceptors (Lipinski definition) is 6. The molecule has 26 heavy (non-hydrogen) atoms. The van der Waals surface area contributed by atoms with Gasteiger partial charge in [-0.25, -0.2) is 4.98 Å². The molecule has 5 rings (SSSR count). The van der Waals surface area contributed by atoms with Gasteiger partial charge in [0.2, 0.25) is 5.91 Å². The van der Waals surface area contributed by atoms with Crippen molar-refractivity contribution in [2.45, 2.75) is 39.3 Å². The van der Waals surface area contributed by atoms with Crippen molar-refractivity contribution in [3.05, 3.63) is 40.9 Å². The van der Waals surface area contributed by atoms with E-state index in [-0.39, 0.29) is 17.9 Å². The SMILES string of the molecule is Cc1noc(C)c1CN1C(=O)[C@H]2CC[C@@H]1CN(c1cccc(C#N)n1)C2. The molecule has 0 N–H and O–H groups in total. The molecule has 3 aliphatic rings. The fourth-order valence-corrected chi connectivity index (χ4v) is 4.00. The molecule has 3 fully saturated rings. The zero-order valence-electron chi connectivity index (χ0n) is 15.0. The number of hydrogen-bond donors (Lipinski definition) is 0. The minimum absolute atomic E-state index is 0.0400. The van der Waals surface area contributed by atoms with E-state index in [0.29, 0.717) is 18.8 Å². The fourth-order valence-electron chi connectivity index (χ4n) is 4.00. The van der Waals surface area contributed by atoms with E-state index in [4.69, 9.17) is 9.78 Å². The first-order valence-corrected chi connectivity index (χ1v) is 8.91. The highest BCUT2D eigenvalue weighted by molar-refractivity contribution is 5.81. The van der Waals surface area contributed by atoms with Gasteiger partial charge in [-0.3, -0.25) is 4.79 Å². The molecule has 1 amide bonds. The van der Waals surface area contributed by atoms with Crippen LogP contribution in [0.25, 0.3) is 0 Å². The van der Waals surface area contributed by atoms with E-state index >= 15 is 0 Å². The van der Waals surface area contributed by atoms with Crippen molar-refractivity contribution >= 4 is 11.7 Å². The van der Waals surface area contributed by atoms with Crippen molar-refractivity contribution in [2.75, 3.05) is 18.0 Å². The number of rotatable bonds is 3. The van der Waals surface area contributed by atoms with Crippen LogP contribution in [-0.4, -0.2) is 40.1 Å². The minimum Gasteiger partial charge on any atom is -0.361 e. The maximum absolute atomic E-state index is 13.0. The molecule has 7 heteroatoms. The van der Waals surface area contributed by atoms with E-state index in [1.807, 2.05) is 30.9 Å². The summed E-state index contributed by atoms with van der Waals surface area (Å²) in [5, 5.41) is 13.1. The molecule has 0 aromatic carbocycles. The molecule has 3 aliphatic heterocycles. The normalized spacial score (nSPS) is 22.4. The van der Waals surface area contributed by atoms with Crippen molar-refractivity contribution in [2.24, 2.45) is 5.92 Å². The summed E-state index contributed by atoms with van der Waals surface area (Å²) >= 11 is 0. The van der Waals surface area contributed by atoms with Gasteiger partial charge in [-0.15, -0.1) is 0 Å². The molecule has 134 valence electrons. The van der Waals surface area contributed by atoms with Gasteiger partial charge in [0.15, 0.2) is 0 Å². The number of carbonyl (C=O) groups excluding carboxylic acids is 1. The van der Waals surface area contributed by atoms with Crippen LogP contribution in [0.3, 0.4) is 0 Å². The highest BCUT2D eigenvalue weighted by atomic mass is 16.5. The Hall–Kier alpha value is -2.88. The summed E-state index contributed by atoms with van der Waals surface area (Å²) in [5.74, 6) is 1.70. The number of nitriles is 1. The summed E-state index contributed by atoms with van der Waals surface area (Å²) in [6, 6.07) is 7.67. The number of fused-ring (bicyclic) bond motifs is 4. The van der Waals surface area contributed by atoms with Crippen LogP contribution in [0.2, 0.25) is 0 Å². The molecule has 2 aromatic heterocycles. The van der Waals surface area contributed by atoms with Gasteiger partial charge in [-0.05, 0) is 38.8 Å². The second-order valence-electron chi connectivity index (χ2n) is 7.09. The summed E-state index contributed by atoms with van der Waals surface area (Å²) in [5.41, 5.74) is 2.25. The van der Waals surface area contributed by atoms with Crippen LogP contribution in [0.5, 0.6) is 0 Å². The first-order chi connectivity index (χ1) is 12.6. The van der Waals surface area contributed by atoms with E-state index in [2.05, 4.69) is 21.1 Å². The molecule has 2 atom stereocenters. The number of pyridine rings is 1. The molecule has 5 heterocycles. The third kappa shape index (κ3) is 2.81. The predicted molar refractivity (Wildman–Crippen MR) is 94.2 cm³/mol. The van der Waals surface area contributed by atoms with Crippen molar-refractivity contribution in [1.29, 1.82) is 5.26 Å². The van der Waals surface area contributed by atoms with Crippen LogP contribution < -0.4 is 4.90 Å². The monoisotopic (exact) mass is 351 g/mol. The molecule has 0 spiro atoms. The molecular formula is C19H21N5O2. The molecule has 0 unspecified atom stereocenters. The van der Waals surface area contributed by atoms with E-state index < -0.39 is 0 Å². The van der Waals surface area contributed by atoms with Gasteiger partial charge in [-0.2, -0.15) is 5.26 Å². The largest absolute Gasteiger partial charge is 0.361 e. The van der Waals surface area contributed by atoms with Gasteiger partial charge in [0, 0.05) is 24.7 Å². The highest BCUT2D eigenvalue weighted by Crippen LogP contribution is 2.33. The molecule has 0 saturated carbocycles. The van der Waals surface area contributed by atoms with Crippen LogP contribution in [-0.2, 0) is 11.3 Å². The first-order valence-electron chi connectivity index (χ1n) is 8.91. The van der Waals surface area contributed by atoms with Crippen molar-refractivity contribution in [1.82, 2.24) is 15.0 Å². The quantitative estimate of drug-likeness (QED) is 0.842. The Kier molecular flexibility index (Phi) is 4.11. The molecule has 3 saturated heterocycles. The zero-order chi connectivity index (χ0) is 18.3. The average molecular weight is 351 g/mol. The Bertz CT molecular complexity index is 865. The van der Waals surface area contributed by atoms with Crippen molar-refractivity contribution in [3.63, 3.8) is 0 Å². The highest BCUT2D eigenvalue weighted by Gasteiger charge is 2.41. The van der Waals surface area contributed by atoms with Crippen LogP contribution in [0.4, 0.5) is 5.82 Å². The second-order valence-corrected chi connectivity index (χ2v) is 7.09. The average Bonchev–Trinajstić information content (AvgIpc) is 2.83. The number of nitrogens with zero attached hydrogens (tertiary/aromatic N) is 5. The number of carbonyl (C=O) groups is 1. The van der Waals surface area contributed by atoms with E-state index in [0.717, 1.165) is 42.2 Å². The Balaban J connectivity index is 1.61. The summed E-state index contributed by atoms with van der Waals surface area (Å²) in [7, 11) is 0. The lowest BCUT2D eigenvalue weighted by Crippen LogP contribution is -2.47. The second kappa shape index (κ2) is 6.45. The first kappa shape index (κ1) is 16.6. The predicted octanol–water partition coefficient (Wildman–Crippen LogP) is 2.19. The van der Waals surface area contributed by atoms with Crippen molar-refractivity contribution in [3.8, 4) is 6.07 Å². The lowest BCUT2D eigenvalue weighted by molar-refractivity contribution is -0.140. The minimum atomic E-state index is -0.0400. The fraction of sp³-hybridized carbons (Fsp3) is 0.474. The van der Waals surface area contributed by atoms with E-state index in [9.17, 15) is 4.79 Å². The van der Waals surface area contributed by atoms with Gasteiger partial charge in [0.25, 0.3) is 0 Å². The molecule has 2 aromatic rings. The van der Waals surface area contributed by atoms with Gasteiger partial charge in [0.05, 0.1) is 18.2 Å². The summed E-state index contributed by atoms with van der Waals surface area (Å²) in [4.78, 5) is 21.6. The third-order valence-electron chi connectivity index (χ3n) is 5.48. The Morgan fingerprint density at radius 2 is 2.15 bits per heavy atom. The van der Waals surface area contributed by atoms with Gasteiger partial charge < -0.3 is 14.3 Å². The molecule has 7 nitrogen and oxygen atoms in total. The summed E-state index contributed by atoms with van der Waals surface area (Å²) in [6.07, 6.45) is 1.88. The number of piperidine rings is 1. The maximum atomic E-state index is 13.0. The van der Waals surface area contributed by atoms with Crippen molar-refractivity contribution < 1.29 is 9.32 Å². The lowest BCUT2D eigenvalue weighted by Gasteiger charge is -2.35. The lowest BCUT2D eigenvalue weighted by atomic mass is 9.93. The molecular weight excluding hydrogens is 330 g/mol. The maximum Gasteiger partial charge on any atom is 0.228 e. The van der Waals surface area contributed by atoms with Gasteiger partial charge in [0.1, 0.15) is 23.3 Å². The molecule has 2 bridgehead atoms. The third-order valence-corrected chi connectivity index (χ3v) is 5.48. The molecule has 0 radical (unpaired) electrons. The van der Waals surface area contributed by atoms with Crippen LogP contribution >= 0.6 is 0 Å².